The largest absolute Gasteiger partial charge is 0.501 e. The van der Waals surface area contributed by atoms with Crippen molar-refractivity contribution in [2.75, 3.05) is 6.61 Å². The van der Waals surface area contributed by atoms with E-state index in [2.05, 4.69) is 38.1 Å². The van der Waals surface area contributed by atoms with Crippen molar-refractivity contribution in [2.24, 2.45) is 0 Å². The highest BCUT2D eigenvalue weighted by Crippen LogP contribution is 2.08. The van der Waals surface area contributed by atoms with Gasteiger partial charge in [0.05, 0.1) is 12.9 Å². The lowest BCUT2D eigenvalue weighted by molar-refractivity contribution is 0.249. The maximum absolute atomic E-state index is 5.57. The van der Waals surface area contributed by atoms with E-state index in [4.69, 9.17) is 4.74 Å². The summed E-state index contributed by atoms with van der Waals surface area (Å²) >= 11 is 0. The van der Waals surface area contributed by atoms with Gasteiger partial charge in [0.15, 0.2) is 0 Å². The van der Waals surface area contributed by atoms with Gasteiger partial charge in [0.2, 0.25) is 0 Å². The van der Waals surface area contributed by atoms with Crippen LogP contribution in [0.5, 0.6) is 0 Å². The molecule has 0 unspecified atom stereocenters. The zero-order valence-corrected chi connectivity index (χ0v) is 11.1. The van der Waals surface area contributed by atoms with Crippen molar-refractivity contribution in [1.82, 2.24) is 0 Å². The third kappa shape index (κ3) is 6.83. The van der Waals surface area contributed by atoms with Crippen molar-refractivity contribution in [2.45, 2.75) is 46.0 Å². The number of hydrogen-bond donors (Lipinski definition) is 0. The Hall–Kier alpha value is -1.24. The Morgan fingerprint density at radius 2 is 1.94 bits per heavy atom. The van der Waals surface area contributed by atoms with Crippen LogP contribution in [0.3, 0.4) is 0 Å². The summed E-state index contributed by atoms with van der Waals surface area (Å²) in [6, 6.07) is 10.5. The predicted octanol–water partition coefficient (Wildman–Crippen LogP) is 4.73. The molecule has 0 heterocycles. The van der Waals surface area contributed by atoms with Gasteiger partial charge in [0.1, 0.15) is 0 Å². The first-order valence-corrected chi connectivity index (χ1v) is 6.64. The molecule has 94 valence electrons. The van der Waals surface area contributed by atoms with Gasteiger partial charge in [-0.1, -0.05) is 50.1 Å². The summed E-state index contributed by atoms with van der Waals surface area (Å²) in [5, 5.41) is 0. The van der Waals surface area contributed by atoms with Crippen molar-refractivity contribution in [3.8, 4) is 0 Å². The van der Waals surface area contributed by atoms with Crippen LogP contribution in [0.25, 0.3) is 0 Å². The number of hydrogen-bond acceptors (Lipinski definition) is 1. The Kier molecular flexibility index (Phi) is 7.20. The van der Waals surface area contributed by atoms with Crippen molar-refractivity contribution < 1.29 is 4.74 Å². The molecule has 1 heteroatoms. The fourth-order valence-corrected chi connectivity index (χ4v) is 1.74. The monoisotopic (exact) mass is 232 g/mol. The topological polar surface area (TPSA) is 9.23 Å². The molecule has 1 aromatic carbocycles. The van der Waals surface area contributed by atoms with Crippen LogP contribution >= 0.6 is 0 Å². The summed E-state index contributed by atoms with van der Waals surface area (Å²) in [5.41, 5.74) is 2.69. The number of benzene rings is 1. The maximum Gasteiger partial charge on any atom is 0.0913 e. The van der Waals surface area contributed by atoms with E-state index < -0.39 is 0 Å². The Morgan fingerprint density at radius 1 is 1.18 bits per heavy atom. The lowest BCUT2D eigenvalue weighted by Crippen LogP contribution is -1.94. The number of allylic oxidation sites excluding steroid dienone is 1. The van der Waals surface area contributed by atoms with E-state index in [1.165, 1.54) is 36.8 Å². The molecule has 0 spiro atoms. The molecule has 1 rings (SSSR count). The molecule has 0 radical (unpaired) electrons. The van der Waals surface area contributed by atoms with E-state index in [0.717, 1.165) is 13.0 Å². The summed E-state index contributed by atoms with van der Waals surface area (Å²) in [5.74, 6) is 0. The van der Waals surface area contributed by atoms with Crippen LogP contribution < -0.4 is 0 Å². The Labute approximate surface area is 106 Å². The second-order valence-electron chi connectivity index (χ2n) is 4.53. The minimum absolute atomic E-state index is 0.773. The second-order valence-corrected chi connectivity index (χ2v) is 4.53. The first-order valence-electron chi connectivity index (χ1n) is 6.64. The van der Waals surface area contributed by atoms with Gasteiger partial charge in [0.25, 0.3) is 0 Å². The highest BCUT2D eigenvalue weighted by atomic mass is 16.5. The molecule has 0 saturated carbocycles. The molecule has 0 aliphatic carbocycles. The van der Waals surface area contributed by atoms with Gasteiger partial charge in [-0.15, -0.1) is 0 Å². The fourth-order valence-electron chi connectivity index (χ4n) is 1.74. The second kappa shape index (κ2) is 8.86. The zero-order valence-electron chi connectivity index (χ0n) is 11.1. The van der Waals surface area contributed by atoms with E-state index in [1.807, 2.05) is 12.3 Å². The van der Waals surface area contributed by atoms with Crippen LogP contribution in [-0.4, -0.2) is 6.61 Å². The van der Waals surface area contributed by atoms with Gasteiger partial charge in [0, 0.05) is 6.42 Å². The van der Waals surface area contributed by atoms with Gasteiger partial charge >= 0.3 is 0 Å². The molecule has 0 N–H and O–H groups in total. The van der Waals surface area contributed by atoms with Crippen LogP contribution in [0, 0.1) is 0 Å². The van der Waals surface area contributed by atoms with Crippen molar-refractivity contribution in [3.63, 3.8) is 0 Å². The molecule has 0 aromatic heterocycles. The van der Waals surface area contributed by atoms with Gasteiger partial charge < -0.3 is 4.74 Å². The highest BCUT2D eigenvalue weighted by molar-refractivity contribution is 5.14. The third-order valence-corrected chi connectivity index (χ3v) is 2.81. The van der Waals surface area contributed by atoms with Crippen LogP contribution in [-0.2, 0) is 11.2 Å². The van der Waals surface area contributed by atoms with Crippen LogP contribution in [0.1, 0.15) is 45.1 Å². The molecule has 0 saturated heterocycles. The number of unbranched alkanes of at least 4 members (excludes halogenated alkanes) is 2. The fraction of sp³-hybridized carbons (Fsp3) is 0.500. The molecule has 0 bridgehead atoms. The van der Waals surface area contributed by atoms with Crippen molar-refractivity contribution in [3.05, 3.63) is 47.7 Å². The highest BCUT2D eigenvalue weighted by Gasteiger charge is 1.93. The minimum Gasteiger partial charge on any atom is -0.501 e. The molecule has 0 atom stereocenters. The van der Waals surface area contributed by atoms with Gasteiger partial charge in [-0.2, -0.15) is 0 Å². The molecular formula is C16H24O. The lowest BCUT2D eigenvalue weighted by atomic mass is 10.1. The Bertz CT molecular complexity index is 314. The van der Waals surface area contributed by atoms with E-state index in [9.17, 15) is 0 Å². The van der Waals surface area contributed by atoms with E-state index >= 15 is 0 Å². The third-order valence-electron chi connectivity index (χ3n) is 2.81. The normalized spacial score (nSPS) is 11.5. The predicted molar refractivity (Wildman–Crippen MR) is 74.0 cm³/mol. The van der Waals surface area contributed by atoms with Crippen LogP contribution in [0.4, 0.5) is 0 Å². The zero-order chi connectivity index (χ0) is 12.3. The Balaban J connectivity index is 2.12. The SMILES string of the molecule is CCCCCC(C)=COCCc1ccccc1. The molecule has 0 amide bonds. The summed E-state index contributed by atoms with van der Waals surface area (Å²) in [4.78, 5) is 0. The summed E-state index contributed by atoms with van der Waals surface area (Å²) in [6.07, 6.45) is 7.95. The summed E-state index contributed by atoms with van der Waals surface area (Å²) in [6.45, 7) is 5.16. The number of ether oxygens (including phenoxy) is 1. The Morgan fingerprint density at radius 3 is 2.65 bits per heavy atom. The smallest absolute Gasteiger partial charge is 0.0913 e. The van der Waals surface area contributed by atoms with E-state index in [1.54, 1.807) is 0 Å². The first-order chi connectivity index (χ1) is 8.33. The molecule has 0 fully saturated rings. The molecule has 0 aliphatic rings. The van der Waals surface area contributed by atoms with Crippen LogP contribution in [0.2, 0.25) is 0 Å². The quantitative estimate of drug-likeness (QED) is 0.465. The first kappa shape index (κ1) is 13.8. The summed E-state index contributed by atoms with van der Waals surface area (Å²) < 4.78 is 5.57. The van der Waals surface area contributed by atoms with Crippen LogP contribution in [0.15, 0.2) is 42.2 Å². The summed E-state index contributed by atoms with van der Waals surface area (Å²) in [7, 11) is 0. The van der Waals surface area contributed by atoms with Gasteiger partial charge in [-0.25, -0.2) is 0 Å². The molecule has 1 nitrogen and oxygen atoms in total. The average Bonchev–Trinajstić information content (AvgIpc) is 2.36. The average molecular weight is 232 g/mol. The van der Waals surface area contributed by atoms with Crippen molar-refractivity contribution in [1.29, 1.82) is 0 Å². The molecule has 1 aromatic rings. The molecular weight excluding hydrogens is 208 g/mol. The maximum atomic E-state index is 5.57. The number of rotatable bonds is 8. The van der Waals surface area contributed by atoms with Gasteiger partial charge in [-0.3, -0.25) is 0 Å². The van der Waals surface area contributed by atoms with E-state index in [0.29, 0.717) is 0 Å². The molecule has 0 aliphatic heterocycles. The van der Waals surface area contributed by atoms with Gasteiger partial charge in [-0.05, 0) is 30.9 Å². The lowest BCUT2D eigenvalue weighted by Gasteiger charge is -2.04. The minimum atomic E-state index is 0.773. The molecule has 17 heavy (non-hydrogen) atoms. The standard InChI is InChI=1S/C16H24O/c1-3-4-6-9-15(2)14-17-13-12-16-10-7-5-8-11-16/h5,7-8,10-11,14H,3-4,6,9,12-13H2,1-2H3. The van der Waals surface area contributed by atoms with Crippen molar-refractivity contribution >= 4 is 0 Å². The van der Waals surface area contributed by atoms with E-state index in [-0.39, 0.29) is 0 Å².